The number of benzene rings is 2. The lowest BCUT2D eigenvalue weighted by Gasteiger charge is -2.07. The van der Waals surface area contributed by atoms with Crippen molar-refractivity contribution in [3.8, 4) is 0 Å². The maximum atomic E-state index is 5.90. The number of aryl methyl sites for hydroxylation is 1. The lowest BCUT2D eigenvalue weighted by Crippen LogP contribution is -1.89. The van der Waals surface area contributed by atoms with Crippen LogP contribution in [0.1, 0.15) is 11.1 Å². The third kappa shape index (κ3) is 2.58. The Bertz CT molecular complexity index is 434. The SMILES string of the molecule is Cc1ccccc1CSc1ccccc1N. The monoisotopic (exact) mass is 229 g/mol. The van der Waals surface area contributed by atoms with Gasteiger partial charge >= 0.3 is 0 Å². The minimum Gasteiger partial charge on any atom is -0.398 e. The molecule has 2 aromatic carbocycles. The molecule has 16 heavy (non-hydrogen) atoms. The van der Waals surface area contributed by atoms with Crippen molar-refractivity contribution in [2.24, 2.45) is 0 Å². The molecule has 0 unspecified atom stereocenters. The summed E-state index contributed by atoms with van der Waals surface area (Å²) in [5.74, 6) is 0.973. The lowest BCUT2D eigenvalue weighted by molar-refractivity contribution is 1.30. The zero-order chi connectivity index (χ0) is 11.4. The van der Waals surface area contributed by atoms with Crippen LogP contribution in [0.4, 0.5) is 5.69 Å². The number of anilines is 1. The predicted molar refractivity (Wildman–Crippen MR) is 71.6 cm³/mol. The second-order valence-corrected chi connectivity index (χ2v) is 4.77. The summed E-state index contributed by atoms with van der Waals surface area (Å²) in [7, 11) is 0. The second-order valence-electron chi connectivity index (χ2n) is 3.75. The van der Waals surface area contributed by atoms with Crippen molar-refractivity contribution in [3.05, 3.63) is 59.7 Å². The smallest absolute Gasteiger partial charge is 0.0452 e. The molecule has 0 saturated carbocycles. The zero-order valence-corrected chi connectivity index (χ0v) is 10.1. The Morgan fingerprint density at radius 1 is 1.00 bits per heavy atom. The zero-order valence-electron chi connectivity index (χ0n) is 9.31. The van der Waals surface area contributed by atoms with E-state index in [4.69, 9.17) is 5.73 Å². The molecule has 0 radical (unpaired) electrons. The minimum absolute atomic E-state index is 0.862. The average molecular weight is 229 g/mol. The average Bonchev–Trinajstić information content (AvgIpc) is 2.30. The van der Waals surface area contributed by atoms with Gasteiger partial charge in [-0.1, -0.05) is 36.4 Å². The van der Waals surface area contributed by atoms with Gasteiger partial charge < -0.3 is 5.73 Å². The van der Waals surface area contributed by atoms with E-state index in [1.54, 1.807) is 11.8 Å². The molecule has 0 fully saturated rings. The van der Waals surface area contributed by atoms with Crippen molar-refractivity contribution >= 4 is 17.4 Å². The van der Waals surface area contributed by atoms with E-state index in [1.807, 2.05) is 18.2 Å². The topological polar surface area (TPSA) is 26.0 Å². The van der Waals surface area contributed by atoms with Crippen molar-refractivity contribution in [2.45, 2.75) is 17.6 Å². The van der Waals surface area contributed by atoms with Crippen LogP contribution in [-0.4, -0.2) is 0 Å². The molecular weight excluding hydrogens is 214 g/mol. The number of rotatable bonds is 3. The van der Waals surface area contributed by atoms with Crippen LogP contribution in [0.3, 0.4) is 0 Å². The van der Waals surface area contributed by atoms with Crippen molar-refractivity contribution < 1.29 is 0 Å². The first kappa shape index (κ1) is 11.1. The summed E-state index contributed by atoms with van der Waals surface area (Å²) >= 11 is 1.79. The summed E-state index contributed by atoms with van der Waals surface area (Å²) in [5.41, 5.74) is 9.47. The Hall–Kier alpha value is -1.41. The molecular formula is C14H15NS. The molecule has 0 aromatic heterocycles. The third-order valence-corrected chi connectivity index (χ3v) is 3.70. The molecule has 82 valence electrons. The van der Waals surface area contributed by atoms with Gasteiger partial charge in [0.1, 0.15) is 0 Å². The van der Waals surface area contributed by atoms with Gasteiger partial charge in [0.25, 0.3) is 0 Å². The van der Waals surface area contributed by atoms with Gasteiger partial charge in [-0.15, -0.1) is 11.8 Å². The highest BCUT2D eigenvalue weighted by atomic mass is 32.2. The first-order chi connectivity index (χ1) is 7.77. The van der Waals surface area contributed by atoms with Crippen LogP contribution in [0.25, 0.3) is 0 Å². The fourth-order valence-electron chi connectivity index (χ4n) is 1.54. The van der Waals surface area contributed by atoms with Gasteiger partial charge in [0.2, 0.25) is 0 Å². The Balaban J connectivity index is 2.09. The molecule has 2 rings (SSSR count). The van der Waals surface area contributed by atoms with Gasteiger partial charge in [-0.2, -0.15) is 0 Å². The maximum absolute atomic E-state index is 5.90. The molecule has 1 nitrogen and oxygen atoms in total. The van der Waals surface area contributed by atoms with Crippen LogP contribution in [0, 0.1) is 6.92 Å². The van der Waals surface area contributed by atoms with Gasteiger partial charge in [0.15, 0.2) is 0 Å². The van der Waals surface area contributed by atoms with E-state index in [9.17, 15) is 0 Å². The Morgan fingerprint density at radius 2 is 1.69 bits per heavy atom. The van der Waals surface area contributed by atoms with E-state index in [1.165, 1.54) is 11.1 Å². The van der Waals surface area contributed by atoms with Crippen molar-refractivity contribution in [2.75, 3.05) is 5.73 Å². The lowest BCUT2D eigenvalue weighted by atomic mass is 10.1. The van der Waals surface area contributed by atoms with Gasteiger partial charge in [0, 0.05) is 16.3 Å². The fraction of sp³-hybridized carbons (Fsp3) is 0.143. The molecule has 0 atom stereocenters. The molecule has 0 aliphatic rings. The predicted octanol–water partition coefficient (Wildman–Crippen LogP) is 3.87. The molecule has 2 heteroatoms. The molecule has 2 N–H and O–H groups in total. The number of nitrogen functional groups attached to an aromatic ring is 1. The van der Waals surface area contributed by atoms with Gasteiger partial charge in [-0.05, 0) is 30.2 Å². The second kappa shape index (κ2) is 5.08. The van der Waals surface area contributed by atoms with E-state index in [0.29, 0.717) is 0 Å². The van der Waals surface area contributed by atoms with Crippen LogP contribution in [0.15, 0.2) is 53.4 Å². The fourth-order valence-corrected chi connectivity index (χ4v) is 2.58. The van der Waals surface area contributed by atoms with Crippen LogP contribution in [0.5, 0.6) is 0 Å². The van der Waals surface area contributed by atoms with Crippen LogP contribution in [-0.2, 0) is 5.75 Å². The minimum atomic E-state index is 0.862. The summed E-state index contributed by atoms with van der Waals surface area (Å²) < 4.78 is 0. The highest BCUT2D eigenvalue weighted by molar-refractivity contribution is 7.98. The van der Waals surface area contributed by atoms with Crippen molar-refractivity contribution in [1.29, 1.82) is 0 Å². The molecule has 2 aromatic rings. The molecule has 0 spiro atoms. The van der Waals surface area contributed by atoms with Crippen molar-refractivity contribution in [3.63, 3.8) is 0 Å². The van der Waals surface area contributed by atoms with Gasteiger partial charge in [-0.25, -0.2) is 0 Å². The van der Waals surface area contributed by atoms with E-state index in [0.717, 1.165) is 16.3 Å². The summed E-state index contributed by atoms with van der Waals surface area (Å²) in [6, 6.07) is 16.5. The first-order valence-electron chi connectivity index (χ1n) is 5.29. The van der Waals surface area contributed by atoms with E-state index < -0.39 is 0 Å². The van der Waals surface area contributed by atoms with Crippen LogP contribution < -0.4 is 5.73 Å². The van der Waals surface area contributed by atoms with Crippen LogP contribution >= 0.6 is 11.8 Å². The summed E-state index contributed by atoms with van der Waals surface area (Å²) in [6.07, 6.45) is 0. The molecule has 0 aliphatic heterocycles. The molecule has 0 saturated heterocycles. The maximum Gasteiger partial charge on any atom is 0.0452 e. The van der Waals surface area contributed by atoms with E-state index in [2.05, 4.69) is 37.3 Å². The summed E-state index contributed by atoms with van der Waals surface area (Å²) in [6.45, 7) is 2.14. The molecule has 0 amide bonds. The first-order valence-corrected chi connectivity index (χ1v) is 6.28. The Kier molecular flexibility index (Phi) is 3.52. The highest BCUT2D eigenvalue weighted by Gasteiger charge is 2.01. The standard InChI is InChI=1S/C14H15NS/c1-11-6-2-3-7-12(11)10-16-14-9-5-4-8-13(14)15/h2-9H,10,15H2,1H3. The summed E-state index contributed by atoms with van der Waals surface area (Å²) in [5, 5.41) is 0. The number of hydrogen-bond donors (Lipinski definition) is 1. The largest absolute Gasteiger partial charge is 0.398 e. The number of hydrogen-bond acceptors (Lipinski definition) is 2. The van der Waals surface area contributed by atoms with E-state index >= 15 is 0 Å². The number of nitrogens with two attached hydrogens (primary N) is 1. The van der Waals surface area contributed by atoms with E-state index in [-0.39, 0.29) is 0 Å². The normalized spacial score (nSPS) is 10.3. The van der Waals surface area contributed by atoms with Crippen LogP contribution in [0.2, 0.25) is 0 Å². The highest BCUT2D eigenvalue weighted by Crippen LogP contribution is 2.28. The Morgan fingerprint density at radius 3 is 2.44 bits per heavy atom. The molecule has 0 aliphatic carbocycles. The van der Waals surface area contributed by atoms with Gasteiger partial charge in [-0.3, -0.25) is 0 Å². The third-order valence-electron chi connectivity index (χ3n) is 2.56. The molecule has 0 heterocycles. The van der Waals surface area contributed by atoms with Crippen molar-refractivity contribution in [1.82, 2.24) is 0 Å². The quantitative estimate of drug-likeness (QED) is 0.638. The Labute approximate surface area is 101 Å². The van der Waals surface area contributed by atoms with Gasteiger partial charge in [0.05, 0.1) is 0 Å². The molecule has 0 bridgehead atoms. The number of para-hydroxylation sites is 1. The summed E-state index contributed by atoms with van der Waals surface area (Å²) in [4.78, 5) is 1.16. The number of thioether (sulfide) groups is 1.